The van der Waals surface area contributed by atoms with E-state index in [1.807, 2.05) is 0 Å². The standard InChI is InChI=1S/C26H29N3/c1-19-8-12-22(13-9-19)16-21(3)29-25-7-5-4-6-24(25)28(26(29)17-27)18-23-14-10-20(2)11-15-23/h4-15,17,21H,16,18,27H2,1-3H3. The van der Waals surface area contributed by atoms with Crippen LogP contribution in [-0.2, 0) is 13.0 Å². The predicted octanol–water partition coefficient (Wildman–Crippen LogP) is 5.52. The summed E-state index contributed by atoms with van der Waals surface area (Å²) in [7, 11) is 0. The summed E-state index contributed by atoms with van der Waals surface area (Å²) < 4.78 is 0. The van der Waals surface area contributed by atoms with Gasteiger partial charge in [-0.05, 0) is 50.5 Å². The Hall–Kier alpha value is -3.20. The lowest BCUT2D eigenvalue weighted by atomic mass is 10.0. The molecule has 3 heteroatoms. The highest BCUT2D eigenvalue weighted by Gasteiger charge is 2.33. The molecule has 148 valence electrons. The van der Waals surface area contributed by atoms with Gasteiger partial charge in [0.05, 0.1) is 11.4 Å². The van der Waals surface area contributed by atoms with Crippen LogP contribution in [0.4, 0.5) is 11.4 Å². The molecular weight excluding hydrogens is 354 g/mol. The van der Waals surface area contributed by atoms with E-state index in [1.165, 1.54) is 33.6 Å². The lowest BCUT2D eigenvalue weighted by Crippen LogP contribution is -2.36. The summed E-state index contributed by atoms with van der Waals surface area (Å²) in [5.41, 5.74) is 13.8. The van der Waals surface area contributed by atoms with Crippen molar-refractivity contribution < 1.29 is 0 Å². The minimum absolute atomic E-state index is 0.289. The zero-order chi connectivity index (χ0) is 20.4. The van der Waals surface area contributed by atoms with E-state index in [9.17, 15) is 0 Å². The van der Waals surface area contributed by atoms with E-state index in [2.05, 4.69) is 103 Å². The van der Waals surface area contributed by atoms with Crippen molar-refractivity contribution in [2.24, 2.45) is 5.73 Å². The third-order valence-corrected chi connectivity index (χ3v) is 5.66. The Labute approximate surface area is 174 Å². The van der Waals surface area contributed by atoms with Crippen molar-refractivity contribution in [3.8, 4) is 0 Å². The second-order valence-corrected chi connectivity index (χ2v) is 7.99. The molecule has 1 unspecified atom stereocenters. The van der Waals surface area contributed by atoms with Crippen LogP contribution < -0.4 is 15.5 Å². The molecule has 0 saturated carbocycles. The van der Waals surface area contributed by atoms with Gasteiger partial charge in [0, 0.05) is 18.8 Å². The highest BCUT2D eigenvalue weighted by Crippen LogP contribution is 2.43. The van der Waals surface area contributed by atoms with Gasteiger partial charge in [-0.2, -0.15) is 0 Å². The van der Waals surface area contributed by atoms with E-state index in [0.717, 1.165) is 18.8 Å². The number of hydrogen-bond acceptors (Lipinski definition) is 3. The molecule has 4 rings (SSSR count). The van der Waals surface area contributed by atoms with Crippen LogP contribution in [-0.4, -0.2) is 6.04 Å². The van der Waals surface area contributed by atoms with E-state index in [0.29, 0.717) is 0 Å². The lowest BCUT2D eigenvalue weighted by Gasteiger charge is -2.30. The van der Waals surface area contributed by atoms with Crippen molar-refractivity contribution in [3.63, 3.8) is 0 Å². The summed E-state index contributed by atoms with van der Waals surface area (Å²) in [5, 5.41) is 0. The Morgan fingerprint density at radius 3 is 1.93 bits per heavy atom. The molecule has 0 spiro atoms. The van der Waals surface area contributed by atoms with E-state index in [4.69, 9.17) is 5.73 Å². The van der Waals surface area contributed by atoms with Crippen LogP contribution in [0.5, 0.6) is 0 Å². The van der Waals surface area contributed by atoms with E-state index in [1.54, 1.807) is 6.20 Å². The first-order valence-electron chi connectivity index (χ1n) is 10.3. The molecule has 1 aliphatic heterocycles. The van der Waals surface area contributed by atoms with Crippen molar-refractivity contribution in [1.82, 2.24) is 0 Å². The first kappa shape index (κ1) is 19.1. The molecule has 0 fully saturated rings. The summed E-state index contributed by atoms with van der Waals surface area (Å²) in [6, 6.07) is 26.4. The topological polar surface area (TPSA) is 32.5 Å². The number of benzene rings is 3. The number of para-hydroxylation sites is 2. The maximum atomic E-state index is 6.18. The highest BCUT2D eigenvalue weighted by atomic mass is 15.4. The van der Waals surface area contributed by atoms with Gasteiger partial charge >= 0.3 is 0 Å². The summed E-state index contributed by atoms with van der Waals surface area (Å²) in [4.78, 5) is 4.70. The second kappa shape index (κ2) is 8.04. The first-order chi connectivity index (χ1) is 14.1. The average molecular weight is 384 g/mol. The summed E-state index contributed by atoms with van der Waals surface area (Å²) >= 11 is 0. The number of hydrogen-bond donors (Lipinski definition) is 1. The van der Waals surface area contributed by atoms with Gasteiger partial charge in [0.25, 0.3) is 0 Å². The van der Waals surface area contributed by atoms with Crippen molar-refractivity contribution in [3.05, 3.63) is 107 Å². The average Bonchev–Trinajstić information content (AvgIpc) is 3.05. The fraction of sp³-hybridized carbons (Fsp3) is 0.231. The zero-order valence-corrected chi connectivity index (χ0v) is 17.5. The van der Waals surface area contributed by atoms with Gasteiger partial charge in [-0.15, -0.1) is 0 Å². The largest absolute Gasteiger partial charge is 0.402 e. The number of rotatable bonds is 5. The van der Waals surface area contributed by atoms with Crippen molar-refractivity contribution in [2.75, 3.05) is 9.80 Å². The molecule has 3 nitrogen and oxygen atoms in total. The van der Waals surface area contributed by atoms with E-state index < -0.39 is 0 Å². The highest BCUT2D eigenvalue weighted by molar-refractivity contribution is 5.83. The Kier molecular flexibility index (Phi) is 5.30. The van der Waals surface area contributed by atoms with Gasteiger partial charge in [0.2, 0.25) is 0 Å². The monoisotopic (exact) mass is 383 g/mol. The third-order valence-electron chi connectivity index (χ3n) is 5.66. The van der Waals surface area contributed by atoms with Crippen LogP contribution in [0.1, 0.15) is 29.2 Å². The van der Waals surface area contributed by atoms with Gasteiger partial charge in [0.15, 0.2) is 0 Å². The Bertz CT molecular complexity index is 1000. The zero-order valence-electron chi connectivity index (χ0n) is 17.5. The molecule has 1 heterocycles. The fourth-order valence-corrected chi connectivity index (χ4v) is 4.11. The Morgan fingerprint density at radius 2 is 1.34 bits per heavy atom. The molecule has 1 atom stereocenters. The molecule has 0 radical (unpaired) electrons. The van der Waals surface area contributed by atoms with Crippen molar-refractivity contribution in [1.29, 1.82) is 0 Å². The van der Waals surface area contributed by atoms with Crippen LogP contribution >= 0.6 is 0 Å². The minimum atomic E-state index is 0.289. The van der Waals surface area contributed by atoms with E-state index in [-0.39, 0.29) is 6.04 Å². The van der Waals surface area contributed by atoms with Gasteiger partial charge in [0.1, 0.15) is 5.82 Å². The second-order valence-electron chi connectivity index (χ2n) is 7.99. The number of fused-ring (bicyclic) bond motifs is 1. The smallest absolute Gasteiger partial charge is 0.130 e. The number of aryl methyl sites for hydroxylation is 2. The van der Waals surface area contributed by atoms with Crippen molar-refractivity contribution in [2.45, 2.75) is 39.8 Å². The first-order valence-corrected chi connectivity index (χ1v) is 10.3. The Balaban J connectivity index is 1.65. The molecule has 3 aromatic rings. The molecule has 3 aromatic carbocycles. The quantitative estimate of drug-likeness (QED) is 0.630. The molecule has 1 aliphatic rings. The molecule has 29 heavy (non-hydrogen) atoms. The molecule has 0 aliphatic carbocycles. The minimum Gasteiger partial charge on any atom is -0.402 e. The maximum Gasteiger partial charge on any atom is 0.130 e. The van der Waals surface area contributed by atoms with E-state index >= 15 is 0 Å². The van der Waals surface area contributed by atoms with Gasteiger partial charge in [-0.25, -0.2) is 0 Å². The number of anilines is 2. The van der Waals surface area contributed by atoms with Crippen molar-refractivity contribution >= 4 is 11.4 Å². The number of nitrogens with two attached hydrogens (primary N) is 1. The van der Waals surface area contributed by atoms with Crippen LogP contribution in [0.2, 0.25) is 0 Å². The normalized spacial score (nSPS) is 15.6. The summed E-state index contributed by atoms with van der Waals surface area (Å²) in [6.07, 6.45) is 2.71. The number of nitrogens with zero attached hydrogens (tertiary/aromatic N) is 2. The van der Waals surface area contributed by atoms with Crippen LogP contribution in [0.25, 0.3) is 0 Å². The Morgan fingerprint density at radius 1 is 0.793 bits per heavy atom. The SMILES string of the molecule is Cc1ccc(CC(C)N2C(=CN)N(Cc3ccc(C)cc3)c3ccccc32)cc1. The van der Waals surface area contributed by atoms with Gasteiger partial charge in [-0.3, -0.25) is 0 Å². The maximum absolute atomic E-state index is 6.18. The van der Waals surface area contributed by atoms with Crippen LogP contribution in [0.3, 0.4) is 0 Å². The molecule has 0 amide bonds. The summed E-state index contributed by atoms with van der Waals surface area (Å²) in [5.74, 6) is 1.05. The van der Waals surface area contributed by atoms with Crippen LogP contribution in [0.15, 0.2) is 84.8 Å². The molecule has 0 aromatic heterocycles. The summed E-state index contributed by atoms with van der Waals surface area (Å²) in [6.45, 7) is 7.32. The fourth-order valence-electron chi connectivity index (χ4n) is 4.11. The molecular formula is C26H29N3. The van der Waals surface area contributed by atoms with Gasteiger partial charge in [-0.1, -0.05) is 71.8 Å². The molecule has 0 saturated heterocycles. The third kappa shape index (κ3) is 3.86. The predicted molar refractivity (Wildman–Crippen MR) is 123 cm³/mol. The van der Waals surface area contributed by atoms with Gasteiger partial charge < -0.3 is 15.5 Å². The molecule has 2 N–H and O–H groups in total. The lowest BCUT2D eigenvalue weighted by molar-refractivity contribution is 0.678. The van der Waals surface area contributed by atoms with Crippen LogP contribution in [0, 0.1) is 13.8 Å². The molecule has 0 bridgehead atoms.